The van der Waals surface area contributed by atoms with Gasteiger partial charge in [0.05, 0.1) is 16.8 Å². The predicted octanol–water partition coefficient (Wildman–Crippen LogP) is 5.10. The molecule has 0 aromatic carbocycles. The second-order valence-electron chi connectivity index (χ2n) is 7.51. The minimum Gasteiger partial charge on any atom is -0.488 e. The van der Waals surface area contributed by atoms with Gasteiger partial charge < -0.3 is 14.8 Å². The summed E-state index contributed by atoms with van der Waals surface area (Å²) in [5.41, 5.74) is -1.17. The van der Waals surface area contributed by atoms with Crippen LogP contribution in [0.5, 0.6) is 5.75 Å². The molecule has 1 amide bonds. The number of hydrogen-bond acceptors (Lipinski definition) is 4. The number of carbonyl (C=O) groups excluding carboxylic acids is 1. The van der Waals surface area contributed by atoms with Crippen LogP contribution < -0.4 is 10.1 Å². The average Bonchev–Trinajstić information content (AvgIpc) is 2.33. The number of nitrogens with one attached hydrogen (secondary N) is 1. The maximum absolute atomic E-state index is 12.1. The Labute approximate surface area is 154 Å². The Hall–Kier alpha value is -1.20. The Morgan fingerprint density at radius 1 is 1.29 bits per heavy atom. The molecule has 7 heteroatoms. The number of hydrogen-bond donors (Lipinski definition) is 1. The Morgan fingerprint density at radius 2 is 1.92 bits per heavy atom. The molecular formula is C17H26Cl2N2O3. The van der Waals surface area contributed by atoms with Gasteiger partial charge >= 0.3 is 6.09 Å². The van der Waals surface area contributed by atoms with Crippen molar-refractivity contribution >= 4 is 29.3 Å². The number of aromatic nitrogens is 1. The third kappa shape index (κ3) is 7.58. The van der Waals surface area contributed by atoms with E-state index in [9.17, 15) is 4.79 Å². The highest BCUT2D eigenvalue weighted by atomic mass is 35.5. The molecule has 0 aliphatic carbocycles. The summed E-state index contributed by atoms with van der Waals surface area (Å²) < 4.78 is 11.1. The predicted molar refractivity (Wildman–Crippen MR) is 97.0 cm³/mol. The van der Waals surface area contributed by atoms with Crippen LogP contribution in [0.1, 0.15) is 48.0 Å². The Kier molecular flexibility index (Phi) is 7.17. The third-order valence-electron chi connectivity index (χ3n) is 2.99. The van der Waals surface area contributed by atoms with E-state index in [2.05, 4.69) is 24.1 Å². The summed E-state index contributed by atoms with van der Waals surface area (Å²) in [6.45, 7) is 11.8. The highest BCUT2D eigenvalue weighted by Crippen LogP contribution is 2.27. The second-order valence-corrected chi connectivity index (χ2v) is 8.31. The van der Waals surface area contributed by atoms with Crippen molar-refractivity contribution in [2.45, 2.75) is 59.1 Å². The van der Waals surface area contributed by atoms with Gasteiger partial charge in [0, 0.05) is 0 Å². The SMILES string of the molecule is CC(C)C[C@@](C)(COc1cnc(Cl)cc1Cl)NC(=O)OC(C)(C)C. The molecule has 0 aliphatic rings. The Morgan fingerprint density at radius 3 is 2.42 bits per heavy atom. The van der Waals surface area contributed by atoms with Crippen LogP contribution in [0.3, 0.4) is 0 Å². The number of ether oxygens (including phenoxy) is 2. The number of nitrogens with zero attached hydrogens (tertiary/aromatic N) is 1. The van der Waals surface area contributed by atoms with Crippen LogP contribution in [0.25, 0.3) is 0 Å². The lowest BCUT2D eigenvalue weighted by molar-refractivity contribution is 0.0408. The summed E-state index contributed by atoms with van der Waals surface area (Å²) in [5, 5.41) is 3.58. The summed E-state index contributed by atoms with van der Waals surface area (Å²) in [7, 11) is 0. The lowest BCUT2D eigenvalue weighted by Gasteiger charge is -2.33. The number of pyridine rings is 1. The van der Waals surface area contributed by atoms with Crippen molar-refractivity contribution in [1.29, 1.82) is 0 Å². The van der Waals surface area contributed by atoms with Gasteiger partial charge in [0.25, 0.3) is 0 Å². The first-order valence-electron chi connectivity index (χ1n) is 7.85. The molecule has 0 unspecified atom stereocenters. The fraction of sp³-hybridized carbons (Fsp3) is 0.647. The van der Waals surface area contributed by atoms with Gasteiger partial charge in [0.15, 0.2) is 5.75 Å². The van der Waals surface area contributed by atoms with Gasteiger partial charge in [0.1, 0.15) is 17.4 Å². The number of halogens is 2. The van der Waals surface area contributed by atoms with Crippen LogP contribution >= 0.6 is 23.2 Å². The number of rotatable bonds is 6. The number of amides is 1. The minimum absolute atomic E-state index is 0.230. The molecule has 0 spiro atoms. The van der Waals surface area contributed by atoms with Crippen molar-refractivity contribution < 1.29 is 14.3 Å². The van der Waals surface area contributed by atoms with Crippen LogP contribution in [0.2, 0.25) is 10.2 Å². The van der Waals surface area contributed by atoms with E-state index in [1.165, 1.54) is 12.3 Å². The third-order valence-corrected chi connectivity index (χ3v) is 3.50. The zero-order chi connectivity index (χ0) is 18.5. The second kappa shape index (κ2) is 8.26. The molecule has 0 fully saturated rings. The van der Waals surface area contributed by atoms with Gasteiger partial charge in [-0.15, -0.1) is 0 Å². The van der Waals surface area contributed by atoms with E-state index >= 15 is 0 Å². The molecule has 0 saturated carbocycles. The van der Waals surface area contributed by atoms with E-state index in [-0.39, 0.29) is 6.61 Å². The zero-order valence-electron chi connectivity index (χ0n) is 15.1. The molecule has 1 heterocycles. The van der Waals surface area contributed by atoms with Gasteiger partial charge in [-0.05, 0) is 46.1 Å². The molecule has 1 rings (SSSR count). The molecule has 1 aromatic rings. The summed E-state index contributed by atoms with van der Waals surface area (Å²) in [6.07, 6.45) is 1.70. The van der Waals surface area contributed by atoms with Crippen molar-refractivity contribution in [2.24, 2.45) is 5.92 Å². The summed E-state index contributed by atoms with van der Waals surface area (Å²) in [6, 6.07) is 1.51. The fourth-order valence-corrected chi connectivity index (χ4v) is 2.76. The molecule has 1 N–H and O–H groups in total. The lowest BCUT2D eigenvalue weighted by atomic mass is 9.91. The van der Waals surface area contributed by atoms with E-state index in [0.29, 0.717) is 28.3 Å². The minimum atomic E-state index is -0.612. The van der Waals surface area contributed by atoms with Crippen LogP contribution in [0.15, 0.2) is 12.3 Å². The largest absolute Gasteiger partial charge is 0.488 e. The first kappa shape index (κ1) is 20.8. The number of carbonyl (C=O) groups is 1. The molecule has 0 bridgehead atoms. The molecule has 24 heavy (non-hydrogen) atoms. The van der Waals surface area contributed by atoms with Gasteiger partial charge in [-0.25, -0.2) is 9.78 Å². The first-order chi connectivity index (χ1) is 10.9. The van der Waals surface area contributed by atoms with Crippen LogP contribution in [0.4, 0.5) is 4.79 Å². The molecule has 0 saturated heterocycles. The van der Waals surface area contributed by atoms with Gasteiger partial charge in [-0.1, -0.05) is 37.0 Å². The van der Waals surface area contributed by atoms with Crippen LogP contribution in [-0.4, -0.2) is 28.8 Å². The van der Waals surface area contributed by atoms with Crippen molar-refractivity contribution in [3.8, 4) is 5.75 Å². The van der Waals surface area contributed by atoms with E-state index in [4.69, 9.17) is 32.7 Å². The van der Waals surface area contributed by atoms with Crippen LogP contribution in [0, 0.1) is 5.92 Å². The van der Waals surface area contributed by atoms with Crippen molar-refractivity contribution in [3.05, 3.63) is 22.4 Å². The highest BCUT2D eigenvalue weighted by Gasteiger charge is 2.31. The van der Waals surface area contributed by atoms with Gasteiger partial charge in [0.2, 0.25) is 0 Å². The van der Waals surface area contributed by atoms with Crippen molar-refractivity contribution in [3.63, 3.8) is 0 Å². The zero-order valence-corrected chi connectivity index (χ0v) is 16.6. The van der Waals surface area contributed by atoms with Crippen molar-refractivity contribution in [1.82, 2.24) is 10.3 Å². The van der Waals surface area contributed by atoms with E-state index in [1.54, 1.807) is 0 Å². The lowest BCUT2D eigenvalue weighted by Crippen LogP contribution is -2.52. The van der Waals surface area contributed by atoms with E-state index in [1.807, 2.05) is 27.7 Å². The van der Waals surface area contributed by atoms with Crippen molar-refractivity contribution in [2.75, 3.05) is 6.61 Å². The number of alkyl carbamates (subject to hydrolysis) is 1. The molecular weight excluding hydrogens is 351 g/mol. The highest BCUT2D eigenvalue weighted by molar-refractivity contribution is 6.34. The standard InChI is InChI=1S/C17H26Cl2N2O3/c1-11(2)8-17(6,21-15(22)24-16(3,4)5)10-23-13-9-20-14(19)7-12(13)18/h7,9,11H,8,10H2,1-6H3,(H,21,22)/t17-/m0/s1. The molecule has 5 nitrogen and oxygen atoms in total. The molecule has 0 radical (unpaired) electrons. The Balaban J connectivity index is 2.81. The quantitative estimate of drug-likeness (QED) is 0.701. The molecule has 1 aromatic heterocycles. The monoisotopic (exact) mass is 376 g/mol. The summed E-state index contributed by atoms with van der Waals surface area (Å²) in [4.78, 5) is 16.1. The maximum atomic E-state index is 12.1. The molecule has 0 aliphatic heterocycles. The maximum Gasteiger partial charge on any atom is 0.408 e. The average molecular weight is 377 g/mol. The molecule has 1 atom stereocenters. The smallest absolute Gasteiger partial charge is 0.408 e. The Bertz CT molecular complexity index is 573. The van der Waals surface area contributed by atoms with Gasteiger partial charge in [-0.3, -0.25) is 0 Å². The van der Waals surface area contributed by atoms with E-state index < -0.39 is 17.2 Å². The first-order valence-corrected chi connectivity index (χ1v) is 8.61. The van der Waals surface area contributed by atoms with Crippen LogP contribution in [-0.2, 0) is 4.74 Å². The summed E-state index contributed by atoms with van der Waals surface area (Å²) >= 11 is 11.9. The normalized spacial score (nSPS) is 14.2. The summed E-state index contributed by atoms with van der Waals surface area (Å²) in [5.74, 6) is 0.773. The molecule has 136 valence electrons. The van der Waals surface area contributed by atoms with Gasteiger partial charge in [-0.2, -0.15) is 0 Å². The topological polar surface area (TPSA) is 60.5 Å². The fourth-order valence-electron chi connectivity index (χ4n) is 2.34. The van der Waals surface area contributed by atoms with E-state index in [0.717, 1.165) is 0 Å².